The fraction of sp³-hybridized carbons (Fsp3) is 0.250. The predicted molar refractivity (Wildman–Crippen MR) is 141 cm³/mol. The average Bonchev–Trinajstić information content (AvgIpc) is 3.38. The number of rotatable bonds is 12. The summed E-state index contributed by atoms with van der Waals surface area (Å²) in [6.45, 7) is 1.58. The highest BCUT2D eigenvalue weighted by Crippen LogP contribution is 2.23. The number of ether oxygens (including phenoxy) is 1. The van der Waals surface area contributed by atoms with Gasteiger partial charge in [-0.3, -0.25) is 4.79 Å². The fourth-order valence-corrected chi connectivity index (χ4v) is 4.59. The summed E-state index contributed by atoms with van der Waals surface area (Å²) < 4.78 is 22.9. The molecule has 0 spiro atoms. The summed E-state index contributed by atoms with van der Waals surface area (Å²) >= 11 is 1.29. The average molecular weight is 505 g/mol. The molecule has 186 valence electrons. The lowest BCUT2D eigenvalue weighted by molar-refractivity contribution is -0.121. The molecule has 3 aromatic carbocycles. The van der Waals surface area contributed by atoms with Gasteiger partial charge in [-0.25, -0.2) is 9.37 Å². The highest BCUT2D eigenvalue weighted by molar-refractivity contribution is 7.09. The van der Waals surface area contributed by atoms with Crippen LogP contribution in [0.4, 0.5) is 9.52 Å². The van der Waals surface area contributed by atoms with Gasteiger partial charge in [-0.05, 0) is 28.8 Å². The van der Waals surface area contributed by atoms with Crippen molar-refractivity contribution in [3.05, 3.63) is 113 Å². The van der Waals surface area contributed by atoms with Crippen LogP contribution in [0.15, 0.2) is 84.9 Å². The molecule has 1 amide bonds. The van der Waals surface area contributed by atoms with E-state index in [0.717, 1.165) is 21.8 Å². The van der Waals surface area contributed by atoms with Gasteiger partial charge in [0.1, 0.15) is 11.6 Å². The van der Waals surface area contributed by atoms with Crippen LogP contribution < -0.4 is 10.2 Å². The number of hydrogen-bond donors (Lipinski definition) is 1. The number of hydrogen-bond acceptors (Lipinski definition) is 6. The molecule has 36 heavy (non-hydrogen) atoms. The summed E-state index contributed by atoms with van der Waals surface area (Å²) in [5.74, 6) is 0.351. The zero-order valence-corrected chi connectivity index (χ0v) is 21.0. The molecule has 0 aliphatic carbocycles. The van der Waals surface area contributed by atoms with Crippen molar-refractivity contribution in [1.82, 2.24) is 14.7 Å². The van der Waals surface area contributed by atoms with E-state index in [0.29, 0.717) is 38.4 Å². The molecule has 1 heterocycles. The first-order valence-electron chi connectivity index (χ1n) is 11.8. The standard InChI is InChI=1S/C28H29FN4O2S/c1-35-19-18-33(28-30-25(32-36-28)20-21-12-14-24(29)15-13-21)17-16-26(34)31-27(22-8-4-2-5-9-22)23-10-6-3-7-11-23/h2-15,27H,16-20H2,1H3,(H,31,34). The molecule has 4 aromatic rings. The van der Waals surface area contributed by atoms with Crippen molar-refractivity contribution in [2.75, 3.05) is 31.7 Å². The SMILES string of the molecule is COCCN(CCC(=O)NC(c1ccccc1)c1ccccc1)c1nc(Cc2ccc(F)cc2)ns1. The number of nitrogens with zero attached hydrogens (tertiary/aromatic N) is 3. The molecular weight excluding hydrogens is 475 g/mol. The van der Waals surface area contributed by atoms with Gasteiger partial charge in [0.15, 0.2) is 0 Å². The van der Waals surface area contributed by atoms with Gasteiger partial charge in [0.05, 0.1) is 12.6 Å². The van der Waals surface area contributed by atoms with E-state index in [1.807, 2.05) is 65.6 Å². The number of anilines is 1. The third-order valence-electron chi connectivity index (χ3n) is 5.75. The van der Waals surface area contributed by atoms with Crippen LogP contribution in [0.25, 0.3) is 0 Å². The molecule has 0 unspecified atom stereocenters. The first-order chi connectivity index (χ1) is 17.6. The van der Waals surface area contributed by atoms with Gasteiger partial charge in [-0.15, -0.1) is 0 Å². The quantitative estimate of drug-likeness (QED) is 0.294. The molecule has 0 aliphatic heterocycles. The van der Waals surface area contributed by atoms with Crippen molar-refractivity contribution >= 4 is 22.6 Å². The molecule has 0 saturated heterocycles. The Labute approximate surface area is 214 Å². The van der Waals surface area contributed by atoms with Crippen LogP contribution in [-0.4, -0.2) is 42.1 Å². The second kappa shape index (κ2) is 12.9. The summed E-state index contributed by atoms with van der Waals surface area (Å²) in [5.41, 5.74) is 3.00. The molecule has 6 nitrogen and oxygen atoms in total. The van der Waals surface area contributed by atoms with Crippen molar-refractivity contribution in [3.63, 3.8) is 0 Å². The van der Waals surface area contributed by atoms with E-state index >= 15 is 0 Å². The summed E-state index contributed by atoms with van der Waals surface area (Å²) in [4.78, 5) is 19.7. The number of carbonyl (C=O) groups excluding carboxylic acids is 1. The van der Waals surface area contributed by atoms with Gasteiger partial charge in [-0.2, -0.15) is 4.37 Å². The van der Waals surface area contributed by atoms with Gasteiger partial charge >= 0.3 is 0 Å². The number of amides is 1. The number of carbonyl (C=O) groups is 1. The number of benzene rings is 3. The van der Waals surface area contributed by atoms with E-state index in [9.17, 15) is 9.18 Å². The predicted octanol–water partition coefficient (Wildman–Crippen LogP) is 5.02. The first-order valence-corrected chi connectivity index (χ1v) is 12.6. The first kappa shape index (κ1) is 25.5. The molecule has 4 rings (SSSR count). The molecule has 0 fully saturated rings. The largest absolute Gasteiger partial charge is 0.383 e. The van der Waals surface area contributed by atoms with Crippen LogP contribution in [-0.2, 0) is 16.0 Å². The molecule has 1 N–H and O–H groups in total. The maximum Gasteiger partial charge on any atom is 0.222 e. The van der Waals surface area contributed by atoms with E-state index in [2.05, 4.69) is 14.7 Å². The number of nitrogens with one attached hydrogen (secondary N) is 1. The lowest BCUT2D eigenvalue weighted by Crippen LogP contribution is -2.34. The smallest absolute Gasteiger partial charge is 0.222 e. The minimum atomic E-state index is -0.267. The van der Waals surface area contributed by atoms with Crippen molar-refractivity contribution in [3.8, 4) is 0 Å². The van der Waals surface area contributed by atoms with Gasteiger partial charge in [-0.1, -0.05) is 72.8 Å². The zero-order chi connectivity index (χ0) is 25.2. The topological polar surface area (TPSA) is 67.3 Å². The number of aromatic nitrogens is 2. The highest BCUT2D eigenvalue weighted by Gasteiger charge is 2.19. The van der Waals surface area contributed by atoms with Gasteiger partial charge < -0.3 is 15.0 Å². The minimum absolute atomic E-state index is 0.0498. The molecule has 0 aliphatic rings. The molecule has 0 atom stereocenters. The second-order valence-electron chi connectivity index (χ2n) is 8.35. The van der Waals surface area contributed by atoms with Crippen LogP contribution in [0, 0.1) is 5.82 Å². The van der Waals surface area contributed by atoms with Crippen LogP contribution in [0.1, 0.15) is 35.0 Å². The van der Waals surface area contributed by atoms with E-state index in [4.69, 9.17) is 4.74 Å². The maximum absolute atomic E-state index is 13.2. The Kier molecular flexibility index (Phi) is 9.13. The maximum atomic E-state index is 13.2. The summed E-state index contributed by atoms with van der Waals surface area (Å²) in [6.07, 6.45) is 0.817. The highest BCUT2D eigenvalue weighted by atomic mass is 32.1. The molecule has 8 heteroatoms. The number of methoxy groups -OCH3 is 1. The van der Waals surface area contributed by atoms with Crippen LogP contribution in [0.3, 0.4) is 0 Å². The van der Waals surface area contributed by atoms with Crippen molar-refractivity contribution in [1.29, 1.82) is 0 Å². The van der Waals surface area contributed by atoms with Crippen LogP contribution >= 0.6 is 11.5 Å². The summed E-state index contributed by atoms with van der Waals surface area (Å²) in [5, 5.41) is 3.93. The third kappa shape index (κ3) is 7.19. The Morgan fingerprint density at radius 2 is 1.61 bits per heavy atom. The van der Waals surface area contributed by atoms with Crippen LogP contribution in [0.2, 0.25) is 0 Å². The molecule has 1 aromatic heterocycles. The van der Waals surface area contributed by atoms with E-state index < -0.39 is 0 Å². The Morgan fingerprint density at radius 1 is 0.972 bits per heavy atom. The Hall–Kier alpha value is -3.62. The lowest BCUT2D eigenvalue weighted by Gasteiger charge is -2.23. The van der Waals surface area contributed by atoms with Crippen molar-refractivity contribution in [2.45, 2.75) is 18.9 Å². The van der Waals surface area contributed by atoms with E-state index in [1.54, 1.807) is 19.2 Å². The minimum Gasteiger partial charge on any atom is -0.383 e. The second-order valence-corrected chi connectivity index (χ2v) is 9.08. The molecule has 0 saturated carbocycles. The Balaban J connectivity index is 1.41. The van der Waals surface area contributed by atoms with Crippen molar-refractivity contribution in [2.24, 2.45) is 0 Å². The lowest BCUT2D eigenvalue weighted by atomic mass is 9.98. The fourth-order valence-electron chi connectivity index (χ4n) is 3.85. The monoisotopic (exact) mass is 504 g/mol. The van der Waals surface area contributed by atoms with E-state index in [1.165, 1.54) is 23.7 Å². The van der Waals surface area contributed by atoms with Gasteiger partial charge in [0, 0.05) is 44.6 Å². The molecule has 0 radical (unpaired) electrons. The number of halogens is 1. The molecule has 0 bridgehead atoms. The summed E-state index contributed by atoms with van der Waals surface area (Å²) in [7, 11) is 1.65. The van der Waals surface area contributed by atoms with Gasteiger partial charge in [0.25, 0.3) is 0 Å². The molecular formula is C28H29FN4O2S. The van der Waals surface area contributed by atoms with Gasteiger partial charge in [0.2, 0.25) is 11.0 Å². The Bertz CT molecular complexity index is 1180. The third-order valence-corrected chi connectivity index (χ3v) is 6.56. The zero-order valence-electron chi connectivity index (χ0n) is 20.1. The van der Waals surface area contributed by atoms with Crippen LogP contribution in [0.5, 0.6) is 0 Å². The normalized spacial score (nSPS) is 11.0. The van der Waals surface area contributed by atoms with Crippen molar-refractivity contribution < 1.29 is 13.9 Å². The van der Waals surface area contributed by atoms with E-state index in [-0.39, 0.29) is 17.8 Å². The summed E-state index contributed by atoms with van der Waals surface area (Å²) in [6, 6.07) is 26.0. The Morgan fingerprint density at radius 3 is 2.22 bits per heavy atom.